The van der Waals surface area contributed by atoms with E-state index in [1.807, 2.05) is 6.92 Å². The molecule has 3 N–H and O–H groups in total. The minimum Gasteiger partial charge on any atom is -0.462 e. The van der Waals surface area contributed by atoms with Gasteiger partial charge in [0.25, 0.3) is 0 Å². The third-order valence-electron chi connectivity index (χ3n) is 4.36. The fraction of sp³-hybridized carbons (Fsp3) is 0.824. The molecular weight excluding hydrogens is 435 g/mol. The van der Waals surface area contributed by atoms with Crippen LogP contribution in [0, 0.1) is 0 Å². The molecule has 2 aliphatic rings. The lowest BCUT2D eigenvalue weighted by atomic mass is 10.1. The zero-order valence-electron chi connectivity index (χ0n) is 15.0. The first-order chi connectivity index (χ1) is 11.7. The Hall–Kier alpha value is -1.06. The van der Waals surface area contributed by atoms with Crippen LogP contribution >= 0.6 is 24.0 Å². The number of hydrogen-bond donors (Lipinski definition) is 3. The molecule has 1 unspecified atom stereocenters. The maximum Gasteiger partial charge on any atom is 0.306 e. The molecule has 1 aliphatic carbocycles. The molecule has 8 heteroatoms. The molecule has 0 spiro atoms. The van der Waals surface area contributed by atoms with E-state index in [9.17, 15) is 9.59 Å². The molecule has 0 radical (unpaired) electrons. The fourth-order valence-electron chi connectivity index (χ4n) is 3.03. The summed E-state index contributed by atoms with van der Waals surface area (Å²) < 4.78 is 5.44. The maximum atomic E-state index is 11.8. The lowest BCUT2D eigenvalue weighted by Gasteiger charge is -2.25. The molecule has 1 saturated heterocycles. The number of carbonyl (C=O) groups excluding carboxylic acids is 2. The van der Waals surface area contributed by atoms with Crippen molar-refractivity contribution in [3.05, 3.63) is 0 Å². The van der Waals surface area contributed by atoms with Gasteiger partial charge in [0.15, 0.2) is 5.96 Å². The van der Waals surface area contributed by atoms with Crippen molar-refractivity contribution in [1.82, 2.24) is 16.0 Å². The number of aliphatic imine (C=N–C) groups is 1. The quantitative estimate of drug-likeness (QED) is 0.175. The topological polar surface area (TPSA) is 91.8 Å². The Balaban J connectivity index is 0.00000312. The lowest BCUT2D eigenvalue weighted by molar-refractivity contribution is -0.148. The van der Waals surface area contributed by atoms with Crippen LogP contribution in [0.4, 0.5) is 0 Å². The third-order valence-corrected chi connectivity index (χ3v) is 4.36. The summed E-state index contributed by atoms with van der Waals surface area (Å²) in [5.74, 6) is 0.739. The number of amides is 1. The van der Waals surface area contributed by atoms with Gasteiger partial charge in [0.05, 0.1) is 0 Å². The summed E-state index contributed by atoms with van der Waals surface area (Å²) in [6.07, 6.45) is 6.95. The molecule has 0 aromatic rings. The molecule has 1 amide bonds. The highest BCUT2D eigenvalue weighted by Gasteiger charge is 2.19. The largest absolute Gasteiger partial charge is 0.462 e. The zero-order valence-corrected chi connectivity index (χ0v) is 17.3. The molecule has 0 bridgehead atoms. The highest BCUT2D eigenvalue weighted by molar-refractivity contribution is 14.0. The smallest absolute Gasteiger partial charge is 0.306 e. The number of guanidine groups is 1. The van der Waals surface area contributed by atoms with Crippen molar-refractivity contribution in [3.8, 4) is 0 Å². The molecule has 0 aromatic carbocycles. The number of carbonyl (C=O) groups is 2. The minimum atomic E-state index is -0.106. The van der Waals surface area contributed by atoms with Crippen LogP contribution in [-0.4, -0.2) is 49.6 Å². The normalized spacial score (nSPS) is 21.2. The average molecular weight is 466 g/mol. The lowest BCUT2D eigenvalue weighted by Crippen LogP contribution is -2.51. The van der Waals surface area contributed by atoms with E-state index in [-0.39, 0.29) is 48.0 Å². The molecule has 1 atom stereocenters. The standard InChI is InChI=1S/C17H30N4O3.HI/c1-2-18-17(21-13-9-10-15(22)20-12-13)19-11-5-8-16(23)24-14-6-3-4-7-14;/h13-14H,2-12H2,1H3,(H,20,22)(H2,18,19,21);1H. The van der Waals surface area contributed by atoms with E-state index in [0.717, 1.165) is 31.8 Å². The number of halogens is 1. The maximum absolute atomic E-state index is 11.8. The van der Waals surface area contributed by atoms with E-state index in [1.165, 1.54) is 12.8 Å². The summed E-state index contributed by atoms with van der Waals surface area (Å²) in [4.78, 5) is 27.5. The van der Waals surface area contributed by atoms with Crippen LogP contribution in [0.3, 0.4) is 0 Å². The van der Waals surface area contributed by atoms with Gasteiger partial charge in [0.2, 0.25) is 5.91 Å². The van der Waals surface area contributed by atoms with Gasteiger partial charge >= 0.3 is 5.97 Å². The predicted molar refractivity (Wildman–Crippen MR) is 108 cm³/mol. The first-order valence-corrected chi connectivity index (χ1v) is 9.18. The van der Waals surface area contributed by atoms with Crippen LogP contribution in [-0.2, 0) is 14.3 Å². The summed E-state index contributed by atoms with van der Waals surface area (Å²) in [5.41, 5.74) is 0. The molecule has 1 aliphatic heterocycles. The van der Waals surface area contributed by atoms with Crippen LogP contribution in [0.1, 0.15) is 58.3 Å². The van der Waals surface area contributed by atoms with Crippen molar-refractivity contribution in [1.29, 1.82) is 0 Å². The van der Waals surface area contributed by atoms with Crippen molar-refractivity contribution in [2.45, 2.75) is 70.4 Å². The van der Waals surface area contributed by atoms with E-state index in [4.69, 9.17) is 4.74 Å². The van der Waals surface area contributed by atoms with E-state index >= 15 is 0 Å². The number of nitrogens with zero attached hydrogens (tertiary/aromatic N) is 1. The summed E-state index contributed by atoms with van der Waals surface area (Å²) in [7, 11) is 0. The molecular formula is C17H31IN4O3. The van der Waals surface area contributed by atoms with Crippen LogP contribution in [0.5, 0.6) is 0 Å². The number of nitrogens with one attached hydrogen (secondary N) is 3. The third kappa shape index (κ3) is 8.73. The Kier molecular flexibility index (Phi) is 10.8. The zero-order chi connectivity index (χ0) is 17.2. The van der Waals surface area contributed by atoms with Crippen LogP contribution < -0.4 is 16.0 Å². The Morgan fingerprint density at radius 3 is 2.72 bits per heavy atom. The molecule has 25 heavy (non-hydrogen) atoms. The second-order valence-corrected chi connectivity index (χ2v) is 6.44. The van der Waals surface area contributed by atoms with Crippen molar-refractivity contribution < 1.29 is 14.3 Å². The molecule has 2 rings (SSSR count). The van der Waals surface area contributed by atoms with Crippen molar-refractivity contribution in [3.63, 3.8) is 0 Å². The average Bonchev–Trinajstić information content (AvgIpc) is 3.06. The predicted octanol–water partition coefficient (Wildman–Crippen LogP) is 1.70. The van der Waals surface area contributed by atoms with Crippen LogP contribution in [0.25, 0.3) is 0 Å². The number of piperidine rings is 1. The van der Waals surface area contributed by atoms with Gasteiger partial charge in [0, 0.05) is 38.5 Å². The van der Waals surface area contributed by atoms with Gasteiger partial charge in [0.1, 0.15) is 6.10 Å². The van der Waals surface area contributed by atoms with Gasteiger partial charge < -0.3 is 20.7 Å². The van der Waals surface area contributed by atoms with Crippen molar-refractivity contribution >= 4 is 41.8 Å². The van der Waals surface area contributed by atoms with E-state index in [0.29, 0.717) is 32.4 Å². The Labute approximate surface area is 167 Å². The Bertz CT molecular complexity index is 443. The van der Waals surface area contributed by atoms with Gasteiger partial charge in [-0.05, 0) is 45.4 Å². The monoisotopic (exact) mass is 466 g/mol. The van der Waals surface area contributed by atoms with E-state index in [1.54, 1.807) is 0 Å². The summed E-state index contributed by atoms with van der Waals surface area (Å²) in [6.45, 7) is 3.98. The molecule has 144 valence electrons. The number of rotatable bonds is 7. The van der Waals surface area contributed by atoms with Gasteiger partial charge in [-0.25, -0.2) is 0 Å². The van der Waals surface area contributed by atoms with Crippen molar-refractivity contribution in [2.75, 3.05) is 19.6 Å². The van der Waals surface area contributed by atoms with E-state index in [2.05, 4.69) is 20.9 Å². The number of hydrogen-bond acceptors (Lipinski definition) is 4. The number of ether oxygens (including phenoxy) is 1. The molecule has 7 nitrogen and oxygen atoms in total. The SMILES string of the molecule is CCNC(=NCCCC(=O)OC1CCCC1)NC1CCC(=O)NC1.I. The summed E-state index contributed by atoms with van der Waals surface area (Å²) in [5, 5.41) is 9.38. The molecule has 2 fully saturated rings. The highest BCUT2D eigenvalue weighted by Crippen LogP contribution is 2.21. The van der Waals surface area contributed by atoms with Crippen LogP contribution in [0.15, 0.2) is 4.99 Å². The highest BCUT2D eigenvalue weighted by atomic mass is 127. The molecule has 0 aromatic heterocycles. The fourth-order valence-corrected chi connectivity index (χ4v) is 3.03. The van der Waals surface area contributed by atoms with E-state index < -0.39 is 0 Å². The van der Waals surface area contributed by atoms with Gasteiger partial charge in [-0.15, -0.1) is 24.0 Å². The molecule has 1 saturated carbocycles. The van der Waals surface area contributed by atoms with Gasteiger partial charge in [-0.1, -0.05) is 0 Å². The summed E-state index contributed by atoms with van der Waals surface area (Å²) >= 11 is 0. The number of esters is 1. The van der Waals surface area contributed by atoms with Gasteiger partial charge in [-0.3, -0.25) is 14.6 Å². The van der Waals surface area contributed by atoms with Crippen LogP contribution in [0.2, 0.25) is 0 Å². The first kappa shape index (κ1) is 22.0. The molecule has 1 heterocycles. The first-order valence-electron chi connectivity index (χ1n) is 9.18. The van der Waals surface area contributed by atoms with Crippen molar-refractivity contribution in [2.24, 2.45) is 4.99 Å². The Morgan fingerprint density at radius 1 is 1.32 bits per heavy atom. The second kappa shape index (κ2) is 12.3. The summed E-state index contributed by atoms with van der Waals surface area (Å²) in [6, 6.07) is 0.202. The second-order valence-electron chi connectivity index (χ2n) is 6.44. The Morgan fingerprint density at radius 2 is 2.08 bits per heavy atom. The minimum absolute atomic E-state index is 0. The van der Waals surface area contributed by atoms with Gasteiger partial charge in [-0.2, -0.15) is 0 Å².